The van der Waals surface area contributed by atoms with Crippen LogP contribution in [0.5, 0.6) is 0 Å². The van der Waals surface area contributed by atoms with Gasteiger partial charge in [0.2, 0.25) is 0 Å². The normalized spacial score (nSPS) is 18.5. The third kappa shape index (κ3) is 8.18. The predicted octanol–water partition coefficient (Wildman–Crippen LogP) is -1.48. The molecule has 22 heavy (non-hydrogen) atoms. The molecule has 2 rings (SSSR count). The zero-order chi connectivity index (χ0) is 16.4. The third-order valence-electron chi connectivity index (χ3n) is 3.06. The highest BCUT2D eigenvalue weighted by Gasteiger charge is 2.14. The first-order valence-electron chi connectivity index (χ1n) is 7.07. The van der Waals surface area contributed by atoms with Gasteiger partial charge in [-0.15, -0.1) is 0 Å². The number of nitrogens with one attached hydrogen (secondary N) is 1. The van der Waals surface area contributed by atoms with Crippen LogP contribution >= 0.6 is 0 Å². The van der Waals surface area contributed by atoms with Crippen LogP contribution in [0.2, 0.25) is 0 Å². The molecule has 1 aromatic carbocycles. The van der Waals surface area contributed by atoms with E-state index in [2.05, 4.69) is 47.5 Å². The second-order valence-electron chi connectivity index (χ2n) is 5.05. The fraction of sp³-hybridized carbons (Fsp3) is 0.375. The summed E-state index contributed by atoms with van der Waals surface area (Å²) in [5.74, 6) is -3.09. The quantitative estimate of drug-likeness (QED) is 0.682. The SMILES string of the molecule is CC1CN(Cc2ccccc2)CCN1.O=C([O-])/C=C/C(=O)[O-]. The molecule has 6 heteroatoms. The maximum atomic E-state index is 9.41. The monoisotopic (exact) mass is 304 g/mol. The van der Waals surface area contributed by atoms with E-state index in [9.17, 15) is 19.8 Å². The van der Waals surface area contributed by atoms with Crippen molar-refractivity contribution in [2.45, 2.75) is 19.5 Å². The summed E-state index contributed by atoms with van der Waals surface area (Å²) in [5, 5.41) is 22.3. The highest BCUT2D eigenvalue weighted by molar-refractivity contribution is 5.87. The van der Waals surface area contributed by atoms with Gasteiger partial charge in [0, 0.05) is 32.2 Å². The van der Waals surface area contributed by atoms with Gasteiger partial charge in [0.1, 0.15) is 0 Å². The van der Waals surface area contributed by atoms with Crippen LogP contribution in [0, 0.1) is 0 Å². The number of piperazine rings is 1. The van der Waals surface area contributed by atoms with Gasteiger partial charge >= 0.3 is 0 Å². The summed E-state index contributed by atoms with van der Waals surface area (Å²) < 4.78 is 0. The summed E-state index contributed by atoms with van der Waals surface area (Å²) in [6.45, 7) is 6.78. The van der Waals surface area contributed by atoms with Gasteiger partial charge in [-0.2, -0.15) is 0 Å². The van der Waals surface area contributed by atoms with Crippen LogP contribution in [0.4, 0.5) is 0 Å². The van der Waals surface area contributed by atoms with E-state index in [1.54, 1.807) is 0 Å². The van der Waals surface area contributed by atoms with Crippen molar-refractivity contribution >= 4 is 11.9 Å². The lowest BCUT2D eigenvalue weighted by molar-refractivity contribution is -0.301. The number of hydrogen-bond donors (Lipinski definition) is 1. The number of carboxylic acid groups (broad SMARTS) is 2. The van der Waals surface area contributed by atoms with Crippen LogP contribution in [0.3, 0.4) is 0 Å². The summed E-state index contributed by atoms with van der Waals surface area (Å²) in [7, 11) is 0. The van der Waals surface area contributed by atoms with E-state index in [1.807, 2.05) is 0 Å². The lowest BCUT2D eigenvalue weighted by atomic mass is 10.2. The smallest absolute Gasteiger partial charge is 0.0643 e. The Balaban J connectivity index is 0.000000261. The molecule has 1 N–H and O–H groups in total. The molecule has 1 aromatic rings. The number of rotatable bonds is 4. The van der Waals surface area contributed by atoms with Crippen molar-refractivity contribution in [1.82, 2.24) is 10.2 Å². The summed E-state index contributed by atoms with van der Waals surface area (Å²) >= 11 is 0. The Labute approximate surface area is 130 Å². The van der Waals surface area contributed by atoms with Crippen molar-refractivity contribution in [3.05, 3.63) is 48.0 Å². The first-order chi connectivity index (χ1) is 10.5. The molecule has 0 aliphatic carbocycles. The third-order valence-corrected chi connectivity index (χ3v) is 3.06. The number of carbonyl (C=O) groups excluding carboxylic acids is 2. The molecule has 1 atom stereocenters. The molecule has 1 saturated heterocycles. The molecule has 1 heterocycles. The first kappa shape index (κ1) is 17.9. The minimum Gasteiger partial charge on any atom is -0.545 e. The number of carbonyl (C=O) groups is 2. The van der Waals surface area contributed by atoms with Crippen LogP contribution in [0.1, 0.15) is 12.5 Å². The van der Waals surface area contributed by atoms with Crippen LogP contribution in [-0.2, 0) is 16.1 Å². The second kappa shape index (κ2) is 9.70. The Bertz CT molecular complexity index is 486. The van der Waals surface area contributed by atoms with Crippen molar-refractivity contribution in [2.75, 3.05) is 19.6 Å². The summed E-state index contributed by atoms with van der Waals surface area (Å²) in [5.41, 5.74) is 1.42. The van der Waals surface area contributed by atoms with Gasteiger partial charge in [0.25, 0.3) is 0 Å². The fourth-order valence-electron chi connectivity index (χ4n) is 2.13. The molecule has 120 valence electrons. The highest BCUT2D eigenvalue weighted by Crippen LogP contribution is 2.06. The van der Waals surface area contributed by atoms with Crippen molar-refractivity contribution in [1.29, 1.82) is 0 Å². The fourth-order valence-corrected chi connectivity index (χ4v) is 2.13. The van der Waals surface area contributed by atoms with Crippen molar-refractivity contribution in [2.24, 2.45) is 0 Å². The van der Waals surface area contributed by atoms with E-state index < -0.39 is 11.9 Å². The van der Waals surface area contributed by atoms with Crippen LogP contribution in [0.15, 0.2) is 42.5 Å². The van der Waals surface area contributed by atoms with Gasteiger partial charge in [-0.3, -0.25) is 4.90 Å². The van der Waals surface area contributed by atoms with E-state index >= 15 is 0 Å². The van der Waals surface area contributed by atoms with Gasteiger partial charge in [-0.05, 0) is 24.6 Å². The van der Waals surface area contributed by atoms with Gasteiger partial charge < -0.3 is 25.1 Å². The average Bonchev–Trinajstić information content (AvgIpc) is 2.47. The lowest BCUT2D eigenvalue weighted by Crippen LogP contribution is -2.48. The summed E-state index contributed by atoms with van der Waals surface area (Å²) in [6, 6.07) is 11.3. The molecule has 1 aliphatic rings. The second-order valence-corrected chi connectivity index (χ2v) is 5.05. The topological polar surface area (TPSA) is 95.5 Å². The van der Waals surface area contributed by atoms with Gasteiger partial charge in [-0.25, -0.2) is 0 Å². The van der Waals surface area contributed by atoms with Crippen molar-refractivity contribution < 1.29 is 19.8 Å². The molecule has 0 spiro atoms. The number of aliphatic carboxylic acids is 2. The van der Waals surface area contributed by atoms with Gasteiger partial charge in [0.15, 0.2) is 0 Å². The Kier molecular flexibility index (Phi) is 7.88. The Morgan fingerprint density at radius 2 is 1.82 bits per heavy atom. The lowest BCUT2D eigenvalue weighted by Gasteiger charge is -2.31. The molecule has 1 unspecified atom stereocenters. The van der Waals surface area contributed by atoms with Crippen molar-refractivity contribution in [3.63, 3.8) is 0 Å². The summed E-state index contributed by atoms with van der Waals surface area (Å²) in [4.78, 5) is 21.3. The van der Waals surface area contributed by atoms with E-state index in [0.29, 0.717) is 18.2 Å². The number of hydrogen-bond acceptors (Lipinski definition) is 6. The maximum absolute atomic E-state index is 9.41. The van der Waals surface area contributed by atoms with E-state index in [1.165, 1.54) is 12.1 Å². The Hall–Kier alpha value is -2.18. The molecule has 0 bridgehead atoms. The Morgan fingerprint density at radius 1 is 1.23 bits per heavy atom. The van der Waals surface area contributed by atoms with Crippen LogP contribution in [-0.4, -0.2) is 42.5 Å². The molecule has 1 aliphatic heterocycles. The molecule has 0 amide bonds. The molecule has 0 radical (unpaired) electrons. The zero-order valence-electron chi connectivity index (χ0n) is 12.5. The Morgan fingerprint density at radius 3 is 2.32 bits per heavy atom. The first-order valence-corrected chi connectivity index (χ1v) is 7.07. The van der Waals surface area contributed by atoms with Crippen LogP contribution < -0.4 is 15.5 Å². The molecular weight excluding hydrogens is 284 g/mol. The number of nitrogens with zero attached hydrogens (tertiary/aromatic N) is 1. The summed E-state index contributed by atoms with van der Waals surface area (Å²) in [6.07, 6.45) is 0.769. The number of benzene rings is 1. The average molecular weight is 304 g/mol. The van der Waals surface area contributed by atoms with Gasteiger partial charge in [0.05, 0.1) is 11.9 Å². The maximum Gasteiger partial charge on any atom is 0.0643 e. The number of carboxylic acids is 2. The predicted molar refractivity (Wildman–Crippen MR) is 78.3 cm³/mol. The highest BCUT2D eigenvalue weighted by atomic mass is 16.4. The largest absolute Gasteiger partial charge is 0.545 e. The van der Waals surface area contributed by atoms with Crippen LogP contribution in [0.25, 0.3) is 0 Å². The van der Waals surface area contributed by atoms with Crippen molar-refractivity contribution in [3.8, 4) is 0 Å². The standard InChI is InChI=1S/C12H18N2.C4H4O4/c1-11-9-14(8-7-13-11)10-12-5-3-2-4-6-12;5-3(6)1-2-4(7)8/h2-6,11,13H,7-10H2,1H3;1-2H,(H,5,6)(H,7,8)/p-2/b;2-1+. The van der Waals surface area contributed by atoms with Gasteiger partial charge in [-0.1, -0.05) is 30.3 Å². The van der Waals surface area contributed by atoms with E-state index in [4.69, 9.17) is 0 Å². The van der Waals surface area contributed by atoms with E-state index in [0.717, 1.165) is 19.6 Å². The molecule has 0 saturated carbocycles. The minimum absolute atomic E-state index is 0.384. The van der Waals surface area contributed by atoms with E-state index in [-0.39, 0.29) is 0 Å². The molecule has 6 nitrogen and oxygen atoms in total. The molecule has 1 fully saturated rings. The minimum atomic E-state index is -1.55. The molecular formula is C16H20N2O4-2. The zero-order valence-corrected chi connectivity index (χ0v) is 12.5. The molecule has 0 aromatic heterocycles.